The fourth-order valence-electron chi connectivity index (χ4n) is 1.62. The van der Waals surface area contributed by atoms with E-state index in [-0.39, 0.29) is 12.5 Å². The monoisotopic (exact) mass is 248 g/mol. The Balaban J connectivity index is 2.31. The van der Waals surface area contributed by atoms with E-state index in [2.05, 4.69) is 10.3 Å². The fraction of sp³-hybridized carbons (Fsp3) is 0.667. The van der Waals surface area contributed by atoms with Crippen molar-refractivity contribution >= 4 is 5.91 Å². The van der Waals surface area contributed by atoms with Crippen LogP contribution in [0.5, 0.6) is 0 Å². The van der Waals surface area contributed by atoms with Crippen molar-refractivity contribution in [1.82, 2.24) is 15.0 Å². The van der Waals surface area contributed by atoms with Crippen LogP contribution in [0, 0.1) is 5.92 Å². The Kier molecular flexibility index (Phi) is 2.80. The Hall–Kier alpha value is -1.60. The van der Waals surface area contributed by atoms with E-state index >= 15 is 0 Å². The lowest BCUT2D eigenvalue weighted by Crippen LogP contribution is -2.20. The maximum atomic E-state index is 12.8. The molecule has 1 saturated carbocycles. The van der Waals surface area contributed by atoms with Gasteiger partial charge in [-0.2, -0.15) is 13.2 Å². The lowest BCUT2D eigenvalue weighted by atomic mass is 10.2. The van der Waals surface area contributed by atoms with Gasteiger partial charge in [0.25, 0.3) is 0 Å². The Morgan fingerprint density at radius 1 is 1.47 bits per heavy atom. The molecule has 2 rings (SSSR count). The number of nitrogens with two attached hydrogens (primary N) is 1. The van der Waals surface area contributed by atoms with Crippen molar-refractivity contribution in [2.24, 2.45) is 11.7 Å². The molecular formula is C9H11F3N4O. The summed E-state index contributed by atoms with van der Waals surface area (Å²) < 4.78 is 39.3. The number of halogens is 3. The zero-order valence-corrected chi connectivity index (χ0v) is 8.87. The van der Waals surface area contributed by atoms with Crippen LogP contribution in [0.15, 0.2) is 0 Å². The minimum atomic E-state index is -4.57. The first-order valence-corrected chi connectivity index (χ1v) is 5.16. The minimum absolute atomic E-state index is 0.195. The highest BCUT2D eigenvalue weighted by atomic mass is 19.4. The zero-order chi connectivity index (χ0) is 12.6. The SMILES string of the molecule is NC(=O)Cc1nnn(CC2CC2)c1C(F)(F)F. The summed E-state index contributed by atoms with van der Waals surface area (Å²) >= 11 is 0. The van der Waals surface area contributed by atoms with Crippen molar-refractivity contribution in [1.29, 1.82) is 0 Å². The molecule has 1 aromatic heterocycles. The summed E-state index contributed by atoms with van der Waals surface area (Å²) in [5.74, 6) is -0.617. The normalized spacial score (nSPS) is 16.2. The van der Waals surface area contributed by atoms with Gasteiger partial charge in [0.05, 0.1) is 6.42 Å². The van der Waals surface area contributed by atoms with Crippen molar-refractivity contribution in [3.63, 3.8) is 0 Å². The molecule has 2 N–H and O–H groups in total. The molecule has 1 fully saturated rings. The Morgan fingerprint density at radius 2 is 2.12 bits per heavy atom. The van der Waals surface area contributed by atoms with E-state index in [1.165, 1.54) is 0 Å². The van der Waals surface area contributed by atoms with Crippen LogP contribution in [0.4, 0.5) is 13.2 Å². The largest absolute Gasteiger partial charge is 0.434 e. The molecule has 1 aliphatic rings. The van der Waals surface area contributed by atoms with Gasteiger partial charge in [0.15, 0.2) is 5.69 Å². The number of rotatable bonds is 4. The van der Waals surface area contributed by atoms with E-state index in [0.29, 0.717) is 0 Å². The maximum absolute atomic E-state index is 12.8. The van der Waals surface area contributed by atoms with Gasteiger partial charge in [-0.15, -0.1) is 5.10 Å². The van der Waals surface area contributed by atoms with Crippen LogP contribution in [-0.4, -0.2) is 20.9 Å². The van der Waals surface area contributed by atoms with Gasteiger partial charge < -0.3 is 5.73 Å². The van der Waals surface area contributed by atoms with Crippen LogP contribution in [0.3, 0.4) is 0 Å². The number of alkyl halides is 3. The topological polar surface area (TPSA) is 73.8 Å². The first-order valence-electron chi connectivity index (χ1n) is 5.16. The molecule has 0 aliphatic heterocycles. The molecule has 8 heteroatoms. The van der Waals surface area contributed by atoms with Crippen LogP contribution >= 0.6 is 0 Å². The van der Waals surface area contributed by atoms with Gasteiger partial charge in [0.1, 0.15) is 5.69 Å². The number of aromatic nitrogens is 3. The predicted octanol–water partition coefficient (Wildman–Crippen LogP) is 0.735. The van der Waals surface area contributed by atoms with Gasteiger partial charge in [-0.25, -0.2) is 4.68 Å². The molecule has 0 saturated heterocycles. The van der Waals surface area contributed by atoms with Crippen LogP contribution in [0.1, 0.15) is 24.2 Å². The van der Waals surface area contributed by atoms with Crippen molar-refractivity contribution in [2.45, 2.75) is 32.0 Å². The molecule has 0 spiro atoms. The third-order valence-corrected chi connectivity index (χ3v) is 2.54. The minimum Gasteiger partial charge on any atom is -0.369 e. The van der Waals surface area contributed by atoms with Crippen molar-refractivity contribution < 1.29 is 18.0 Å². The molecule has 0 bridgehead atoms. The highest BCUT2D eigenvalue weighted by Gasteiger charge is 2.40. The quantitative estimate of drug-likeness (QED) is 0.853. The average molecular weight is 248 g/mol. The van der Waals surface area contributed by atoms with Gasteiger partial charge in [-0.05, 0) is 18.8 Å². The van der Waals surface area contributed by atoms with E-state index in [4.69, 9.17) is 5.73 Å². The summed E-state index contributed by atoms with van der Waals surface area (Å²) in [6.07, 6.45) is -3.30. The van der Waals surface area contributed by atoms with E-state index < -0.39 is 29.9 Å². The molecule has 1 aliphatic carbocycles. The highest BCUT2D eigenvalue weighted by molar-refractivity contribution is 5.76. The Labute approximate surface area is 94.8 Å². The first-order chi connectivity index (χ1) is 7.88. The number of carbonyl (C=O) groups is 1. The molecule has 0 atom stereocenters. The number of amides is 1. The Morgan fingerprint density at radius 3 is 2.59 bits per heavy atom. The van der Waals surface area contributed by atoms with Gasteiger partial charge in [-0.3, -0.25) is 4.79 Å². The second-order valence-electron chi connectivity index (χ2n) is 4.15. The lowest BCUT2D eigenvalue weighted by molar-refractivity contribution is -0.145. The molecule has 0 unspecified atom stereocenters. The van der Waals surface area contributed by atoms with Crippen molar-refractivity contribution in [2.75, 3.05) is 0 Å². The number of primary amides is 1. The van der Waals surface area contributed by atoms with Gasteiger partial charge >= 0.3 is 6.18 Å². The molecule has 94 valence electrons. The maximum Gasteiger partial charge on any atom is 0.434 e. The first kappa shape index (κ1) is 11.9. The zero-order valence-electron chi connectivity index (χ0n) is 8.87. The Bertz CT molecular complexity index is 436. The van der Waals surface area contributed by atoms with Crippen molar-refractivity contribution in [3.05, 3.63) is 11.4 Å². The number of carbonyl (C=O) groups excluding carboxylic acids is 1. The van der Waals surface area contributed by atoms with E-state index in [0.717, 1.165) is 17.5 Å². The summed E-state index contributed by atoms with van der Waals surface area (Å²) in [6.45, 7) is 0.195. The third kappa shape index (κ3) is 2.75. The molecule has 1 amide bonds. The van der Waals surface area contributed by atoms with Gasteiger partial charge in [0.2, 0.25) is 5.91 Å². The summed E-state index contributed by atoms with van der Waals surface area (Å²) in [7, 11) is 0. The molecule has 17 heavy (non-hydrogen) atoms. The average Bonchev–Trinajstić information content (AvgIpc) is 2.85. The summed E-state index contributed by atoms with van der Waals surface area (Å²) in [6, 6.07) is 0. The van der Waals surface area contributed by atoms with E-state index in [9.17, 15) is 18.0 Å². The van der Waals surface area contributed by atoms with Crippen molar-refractivity contribution in [3.8, 4) is 0 Å². The van der Waals surface area contributed by atoms with Crippen LogP contribution < -0.4 is 5.73 Å². The fourth-order valence-corrected chi connectivity index (χ4v) is 1.62. The number of hydrogen-bond acceptors (Lipinski definition) is 3. The standard InChI is InChI=1S/C9H11F3N4O/c10-9(11,12)8-6(3-7(13)17)14-15-16(8)4-5-1-2-5/h5H,1-4H2,(H2,13,17). The smallest absolute Gasteiger partial charge is 0.369 e. The third-order valence-electron chi connectivity index (χ3n) is 2.54. The summed E-state index contributed by atoms with van der Waals surface area (Å²) in [5.41, 5.74) is 3.52. The van der Waals surface area contributed by atoms with Crippen LogP contribution in [0.25, 0.3) is 0 Å². The predicted molar refractivity (Wildman–Crippen MR) is 50.6 cm³/mol. The molecule has 5 nitrogen and oxygen atoms in total. The molecule has 1 heterocycles. The van der Waals surface area contributed by atoms with E-state index in [1.807, 2.05) is 0 Å². The second-order valence-corrected chi connectivity index (χ2v) is 4.15. The molecule has 1 aromatic rings. The summed E-state index contributed by atoms with van der Waals surface area (Å²) in [5, 5.41) is 6.85. The number of hydrogen-bond donors (Lipinski definition) is 1. The van der Waals surface area contributed by atoms with Crippen LogP contribution in [-0.2, 0) is 23.9 Å². The molecular weight excluding hydrogens is 237 g/mol. The van der Waals surface area contributed by atoms with E-state index in [1.54, 1.807) is 0 Å². The lowest BCUT2D eigenvalue weighted by Gasteiger charge is -2.10. The van der Waals surface area contributed by atoms with Gasteiger partial charge in [0, 0.05) is 6.54 Å². The summed E-state index contributed by atoms with van der Waals surface area (Å²) in [4.78, 5) is 10.7. The molecule has 0 radical (unpaired) electrons. The van der Waals surface area contributed by atoms with Gasteiger partial charge in [-0.1, -0.05) is 5.21 Å². The highest BCUT2D eigenvalue weighted by Crippen LogP contribution is 2.35. The second kappa shape index (κ2) is 4.01. The van der Waals surface area contributed by atoms with Crippen LogP contribution in [0.2, 0.25) is 0 Å². The number of nitrogens with zero attached hydrogens (tertiary/aromatic N) is 3. The molecule has 0 aromatic carbocycles.